The third-order valence-electron chi connectivity index (χ3n) is 8.01. The van der Waals surface area contributed by atoms with Gasteiger partial charge in [-0.05, 0) is 81.8 Å². The first-order chi connectivity index (χ1) is 23.9. The summed E-state index contributed by atoms with van der Waals surface area (Å²) in [6, 6.07) is 11.9. The molecular weight excluding hydrogens is 728 g/mol. The lowest BCUT2D eigenvalue weighted by molar-refractivity contribution is 0.215. The minimum Gasteiger partial charge on any atom is -0.399 e. The number of aryl methyl sites for hydroxylation is 2. The van der Waals surface area contributed by atoms with Crippen LogP contribution in [-0.4, -0.2) is 73.3 Å². The van der Waals surface area contributed by atoms with E-state index >= 15 is 0 Å². The molecule has 4 aromatic rings. The molecule has 0 atom stereocenters. The van der Waals surface area contributed by atoms with Gasteiger partial charge in [0.25, 0.3) is 0 Å². The van der Waals surface area contributed by atoms with Crippen molar-refractivity contribution >= 4 is 75.2 Å². The molecule has 0 aliphatic carbocycles. The van der Waals surface area contributed by atoms with Gasteiger partial charge in [-0.2, -0.15) is 0 Å². The average Bonchev–Trinajstić information content (AvgIpc) is 3.52. The van der Waals surface area contributed by atoms with Crippen molar-refractivity contribution in [3.05, 3.63) is 104 Å². The summed E-state index contributed by atoms with van der Waals surface area (Å²) in [6.45, 7) is 10.7. The van der Waals surface area contributed by atoms with Gasteiger partial charge < -0.3 is 31.1 Å². The number of amides is 2. The monoisotopic (exact) mass is 766 g/mol. The maximum atomic E-state index is 13.2. The number of hydrogen-bond acceptors (Lipinski definition) is 7. The number of urea groups is 1. The zero-order valence-electron chi connectivity index (χ0n) is 27.8. The molecule has 15 heteroatoms. The molecule has 50 heavy (non-hydrogen) atoms. The molecule has 0 bridgehead atoms. The molecule has 0 saturated carbocycles. The first kappa shape index (κ1) is 39.2. The van der Waals surface area contributed by atoms with E-state index in [9.17, 15) is 13.6 Å². The van der Waals surface area contributed by atoms with Crippen LogP contribution in [0.15, 0.2) is 60.9 Å². The molecule has 2 fully saturated rings. The average molecular weight is 769 g/mol. The Kier molecular flexibility index (Phi) is 15.0. The lowest BCUT2D eigenvalue weighted by Crippen LogP contribution is -2.38. The van der Waals surface area contributed by atoms with Gasteiger partial charge in [0.15, 0.2) is 0 Å². The minimum absolute atomic E-state index is 0.0208. The molecule has 2 saturated heterocycles. The van der Waals surface area contributed by atoms with Crippen molar-refractivity contribution in [2.75, 3.05) is 73.2 Å². The maximum absolute atomic E-state index is 13.2. The quantitative estimate of drug-likeness (QED) is 0.180. The smallest absolute Gasteiger partial charge is 0.321 e. The SMILES string of the molecule is Cc1nccc(N2CCCN(C(=O)Nc3ccc(F)c(Cl)c3)CC2)c1Cl.Cc1nccc(N2CCCNCC2)c1Cl.Nc1ccc(F)c(Cl)c1. The fourth-order valence-electron chi connectivity index (χ4n) is 5.30. The summed E-state index contributed by atoms with van der Waals surface area (Å²) in [6.07, 6.45) is 5.55. The summed E-state index contributed by atoms with van der Waals surface area (Å²) < 4.78 is 25.5. The van der Waals surface area contributed by atoms with Crippen LogP contribution in [0, 0.1) is 25.5 Å². The van der Waals surface area contributed by atoms with Crippen LogP contribution in [0.3, 0.4) is 0 Å². The van der Waals surface area contributed by atoms with E-state index in [1.54, 1.807) is 11.1 Å². The molecule has 2 amide bonds. The van der Waals surface area contributed by atoms with Gasteiger partial charge in [0, 0.05) is 69.6 Å². The van der Waals surface area contributed by atoms with Gasteiger partial charge in [-0.25, -0.2) is 13.6 Å². The largest absolute Gasteiger partial charge is 0.399 e. The number of aromatic nitrogens is 2. The number of hydrogen-bond donors (Lipinski definition) is 3. The lowest BCUT2D eigenvalue weighted by Gasteiger charge is -2.25. The molecule has 2 aromatic carbocycles. The van der Waals surface area contributed by atoms with Crippen LogP contribution < -0.4 is 26.2 Å². The van der Waals surface area contributed by atoms with Crippen molar-refractivity contribution in [3.8, 4) is 0 Å². The van der Waals surface area contributed by atoms with Crippen LogP contribution in [-0.2, 0) is 0 Å². The Morgan fingerprint density at radius 2 is 1.32 bits per heavy atom. The van der Waals surface area contributed by atoms with Crippen LogP contribution in [0.2, 0.25) is 20.1 Å². The second-order valence-electron chi connectivity index (χ2n) is 11.6. The molecule has 2 aliphatic heterocycles. The number of nitrogens with zero attached hydrogens (tertiary/aromatic N) is 5. The normalized spacial score (nSPS) is 14.8. The molecule has 2 aromatic heterocycles. The van der Waals surface area contributed by atoms with E-state index in [1.807, 2.05) is 32.2 Å². The number of nitrogen functional groups attached to an aromatic ring is 1. The van der Waals surface area contributed by atoms with E-state index in [-0.39, 0.29) is 16.1 Å². The van der Waals surface area contributed by atoms with Crippen molar-refractivity contribution < 1.29 is 13.6 Å². The van der Waals surface area contributed by atoms with E-state index in [2.05, 4.69) is 30.4 Å². The van der Waals surface area contributed by atoms with Gasteiger partial charge in [0.1, 0.15) is 11.6 Å². The zero-order valence-corrected chi connectivity index (χ0v) is 30.9. The van der Waals surface area contributed by atoms with Crippen LogP contribution in [0.25, 0.3) is 0 Å². The van der Waals surface area contributed by atoms with Crippen LogP contribution in [0.4, 0.5) is 36.3 Å². The van der Waals surface area contributed by atoms with Crippen molar-refractivity contribution in [1.82, 2.24) is 20.2 Å². The Morgan fingerprint density at radius 3 is 1.92 bits per heavy atom. The summed E-state index contributed by atoms with van der Waals surface area (Å²) in [5.74, 6) is -0.953. The van der Waals surface area contributed by atoms with Crippen molar-refractivity contribution in [3.63, 3.8) is 0 Å². The molecule has 268 valence electrons. The Balaban J connectivity index is 0.000000195. The lowest BCUT2D eigenvalue weighted by atomic mass is 10.3. The third kappa shape index (κ3) is 11.2. The molecular formula is C35H40Cl4F2N8O. The number of pyridine rings is 2. The summed E-state index contributed by atoms with van der Waals surface area (Å²) >= 11 is 23.7. The summed E-state index contributed by atoms with van der Waals surface area (Å²) in [5, 5.41) is 7.62. The van der Waals surface area contributed by atoms with E-state index in [1.165, 1.54) is 36.4 Å². The molecule has 6 rings (SSSR count). The Morgan fingerprint density at radius 1 is 0.740 bits per heavy atom. The Hall–Kier alpha value is -3.61. The predicted molar refractivity (Wildman–Crippen MR) is 202 cm³/mol. The van der Waals surface area contributed by atoms with Gasteiger partial charge in [-0.3, -0.25) is 9.97 Å². The van der Waals surface area contributed by atoms with Gasteiger partial charge in [0.05, 0.1) is 42.9 Å². The predicted octanol–water partition coefficient (Wildman–Crippen LogP) is 8.48. The number of halogens is 6. The fraction of sp³-hybridized carbons (Fsp3) is 0.343. The number of nitrogens with two attached hydrogens (primary N) is 1. The molecule has 4 heterocycles. The van der Waals surface area contributed by atoms with E-state index < -0.39 is 11.6 Å². The molecule has 2 aliphatic rings. The second-order valence-corrected chi connectivity index (χ2v) is 13.2. The molecule has 9 nitrogen and oxygen atoms in total. The topological polar surface area (TPSA) is 103 Å². The van der Waals surface area contributed by atoms with Crippen LogP contribution >= 0.6 is 46.4 Å². The highest BCUT2D eigenvalue weighted by Gasteiger charge is 2.21. The second kappa shape index (κ2) is 19.1. The van der Waals surface area contributed by atoms with Crippen molar-refractivity contribution in [2.45, 2.75) is 26.7 Å². The highest BCUT2D eigenvalue weighted by Crippen LogP contribution is 2.29. The van der Waals surface area contributed by atoms with Crippen LogP contribution in [0.5, 0.6) is 0 Å². The highest BCUT2D eigenvalue weighted by atomic mass is 35.5. The zero-order chi connectivity index (χ0) is 36.2. The first-order valence-electron chi connectivity index (χ1n) is 16.1. The maximum Gasteiger partial charge on any atom is 0.321 e. The number of nitrogens with one attached hydrogen (secondary N) is 2. The third-order valence-corrected chi connectivity index (χ3v) is 9.52. The Bertz CT molecular complexity index is 1740. The highest BCUT2D eigenvalue weighted by molar-refractivity contribution is 6.34. The number of anilines is 4. The number of benzene rings is 2. The molecule has 0 spiro atoms. The molecule has 0 unspecified atom stereocenters. The first-order valence-corrected chi connectivity index (χ1v) is 17.6. The summed E-state index contributed by atoms with van der Waals surface area (Å²) in [4.78, 5) is 27.1. The Labute approximate surface area is 311 Å². The minimum atomic E-state index is -0.514. The van der Waals surface area contributed by atoms with Crippen molar-refractivity contribution in [2.24, 2.45) is 0 Å². The van der Waals surface area contributed by atoms with Crippen LogP contribution in [0.1, 0.15) is 24.2 Å². The molecule has 4 N–H and O–H groups in total. The van der Waals surface area contributed by atoms with Gasteiger partial charge in [0.2, 0.25) is 0 Å². The number of rotatable bonds is 3. The standard InChI is InChI=1S/C18H19Cl2FN4O.C11H16ClN3.C6H5ClFN/c1-12-17(20)16(5-6-22-12)24-7-2-8-25(10-9-24)18(26)23-13-3-4-15(21)14(19)11-13;1-9-11(12)10(3-5-14-9)15-7-2-4-13-6-8-15;7-5-3-4(9)1-2-6(5)8/h3-6,11H,2,7-10H2,1H3,(H,23,26);3,5,13H,2,4,6-8H2,1H3;1-3H,9H2. The van der Waals surface area contributed by atoms with E-state index in [4.69, 9.17) is 52.1 Å². The van der Waals surface area contributed by atoms with E-state index in [0.29, 0.717) is 36.0 Å². The van der Waals surface area contributed by atoms with Gasteiger partial charge >= 0.3 is 6.03 Å². The molecule has 0 radical (unpaired) electrons. The number of carbonyl (C=O) groups excluding carboxylic acids is 1. The number of carbonyl (C=O) groups is 1. The fourth-order valence-corrected chi connectivity index (χ4v) is 6.13. The summed E-state index contributed by atoms with van der Waals surface area (Å²) in [7, 11) is 0. The van der Waals surface area contributed by atoms with Gasteiger partial charge in [-0.1, -0.05) is 46.4 Å². The van der Waals surface area contributed by atoms with E-state index in [0.717, 1.165) is 73.4 Å². The van der Waals surface area contributed by atoms with Gasteiger partial charge in [-0.15, -0.1) is 0 Å². The van der Waals surface area contributed by atoms with Crippen molar-refractivity contribution in [1.29, 1.82) is 0 Å². The summed E-state index contributed by atoms with van der Waals surface area (Å²) in [5.41, 5.74) is 9.97.